The molecule has 2 aliphatic rings. The third-order valence-corrected chi connectivity index (χ3v) is 2.74. The molecule has 1 saturated heterocycles. The highest BCUT2D eigenvalue weighted by Gasteiger charge is 2.52. The summed E-state index contributed by atoms with van der Waals surface area (Å²) in [5, 5.41) is 18.3. The fourth-order valence-corrected chi connectivity index (χ4v) is 1.71. The summed E-state index contributed by atoms with van der Waals surface area (Å²) in [6.07, 6.45) is 4.80. The second kappa shape index (κ2) is 1.36. The molecular formula is C6H6O2S. The maximum Gasteiger partial charge on any atom is 0.145 e. The SMILES string of the molecule is OC1=CC2SC2(O)C=C1. The molecule has 2 atom stereocenters. The van der Waals surface area contributed by atoms with E-state index in [1.807, 2.05) is 0 Å². The predicted molar refractivity (Wildman–Crippen MR) is 36.2 cm³/mol. The number of rotatable bonds is 0. The Morgan fingerprint density at radius 1 is 1.67 bits per heavy atom. The minimum atomic E-state index is -0.674. The molecule has 48 valence electrons. The smallest absolute Gasteiger partial charge is 0.145 e. The molecule has 0 spiro atoms. The standard InChI is InChI=1S/C6H6O2S/c7-4-1-2-6(8)5(3-4)9-6/h1-3,5,7-8H. The molecule has 1 aliphatic carbocycles. The van der Waals surface area contributed by atoms with Crippen molar-refractivity contribution in [2.75, 3.05) is 0 Å². The van der Waals surface area contributed by atoms with Gasteiger partial charge in [0, 0.05) is 0 Å². The average molecular weight is 142 g/mol. The van der Waals surface area contributed by atoms with Crippen LogP contribution in [0.15, 0.2) is 24.0 Å². The number of allylic oxidation sites excluding steroid dienone is 1. The molecule has 0 bridgehead atoms. The first kappa shape index (κ1) is 5.38. The molecule has 3 heteroatoms. The Labute approximate surface area is 56.9 Å². The molecule has 0 aromatic rings. The van der Waals surface area contributed by atoms with Gasteiger partial charge in [-0.05, 0) is 18.2 Å². The van der Waals surface area contributed by atoms with Gasteiger partial charge in [0.05, 0.1) is 5.25 Å². The lowest BCUT2D eigenvalue weighted by molar-refractivity contribution is 0.225. The first-order valence-corrected chi connectivity index (χ1v) is 3.59. The van der Waals surface area contributed by atoms with Crippen molar-refractivity contribution in [1.29, 1.82) is 0 Å². The number of hydrogen-bond acceptors (Lipinski definition) is 3. The van der Waals surface area contributed by atoms with Crippen LogP contribution in [0.3, 0.4) is 0 Å². The summed E-state index contributed by atoms with van der Waals surface area (Å²) in [7, 11) is 0. The van der Waals surface area contributed by atoms with Gasteiger partial charge in [0.15, 0.2) is 0 Å². The molecule has 0 radical (unpaired) electrons. The van der Waals surface area contributed by atoms with Crippen LogP contribution >= 0.6 is 11.8 Å². The van der Waals surface area contributed by atoms with Gasteiger partial charge in [-0.1, -0.05) is 0 Å². The minimum Gasteiger partial charge on any atom is -0.508 e. The summed E-state index contributed by atoms with van der Waals surface area (Å²) in [6.45, 7) is 0. The average Bonchev–Trinajstić information content (AvgIpc) is 2.41. The summed E-state index contributed by atoms with van der Waals surface area (Å²) < 4.78 is 0. The zero-order chi connectivity index (χ0) is 6.48. The molecule has 0 aromatic heterocycles. The first-order valence-electron chi connectivity index (χ1n) is 2.71. The zero-order valence-electron chi connectivity index (χ0n) is 4.61. The van der Waals surface area contributed by atoms with E-state index < -0.39 is 4.93 Å². The highest BCUT2D eigenvalue weighted by molar-refractivity contribution is 8.08. The third-order valence-electron chi connectivity index (χ3n) is 1.48. The molecule has 0 saturated carbocycles. The first-order chi connectivity index (χ1) is 4.21. The minimum absolute atomic E-state index is 0.0995. The Kier molecular flexibility index (Phi) is 0.811. The van der Waals surface area contributed by atoms with Crippen molar-refractivity contribution in [3.63, 3.8) is 0 Å². The van der Waals surface area contributed by atoms with Gasteiger partial charge in [0.1, 0.15) is 10.7 Å². The monoisotopic (exact) mass is 142 g/mol. The summed E-state index contributed by atoms with van der Waals surface area (Å²) in [5.74, 6) is 0.259. The number of thioether (sulfide) groups is 1. The second-order valence-electron chi connectivity index (χ2n) is 2.22. The Hall–Kier alpha value is -0.410. The summed E-state index contributed by atoms with van der Waals surface area (Å²) in [6, 6.07) is 0. The molecule has 2 rings (SSSR count). The van der Waals surface area contributed by atoms with Crippen molar-refractivity contribution in [1.82, 2.24) is 0 Å². The normalized spacial score (nSPS) is 45.9. The Morgan fingerprint density at radius 2 is 2.44 bits per heavy atom. The Morgan fingerprint density at radius 3 is 3.00 bits per heavy atom. The van der Waals surface area contributed by atoms with Gasteiger partial charge >= 0.3 is 0 Å². The number of aliphatic hydroxyl groups is 2. The molecular weight excluding hydrogens is 136 g/mol. The fourth-order valence-electron chi connectivity index (χ4n) is 0.872. The van der Waals surface area contributed by atoms with Gasteiger partial charge in [0.25, 0.3) is 0 Å². The Balaban J connectivity index is 2.31. The van der Waals surface area contributed by atoms with Crippen molar-refractivity contribution in [2.45, 2.75) is 10.2 Å². The Bertz CT molecular complexity index is 209. The molecule has 2 N–H and O–H groups in total. The van der Waals surface area contributed by atoms with Crippen molar-refractivity contribution in [3.05, 3.63) is 24.0 Å². The summed E-state index contributed by atoms with van der Waals surface area (Å²) in [4.78, 5) is -0.674. The van der Waals surface area contributed by atoms with E-state index in [4.69, 9.17) is 5.11 Å². The van der Waals surface area contributed by atoms with Gasteiger partial charge in [-0.2, -0.15) is 0 Å². The van der Waals surface area contributed by atoms with Gasteiger partial charge in [-0.3, -0.25) is 0 Å². The van der Waals surface area contributed by atoms with E-state index in [1.165, 1.54) is 17.8 Å². The van der Waals surface area contributed by atoms with Crippen LogP contribution in [-0.2, 0) is 0 Å². The molecule has 1 fully saturated rings. The van der Waals surface area contributed by atoms with Crippen LogP contribution < -0.4 is 0 Å². The highest BCUT2D eigenvalue weighted by Crippen LogP contribution is 2.55. The second-order valence-corrected chi connectivity index (χ2v) is 3.61. The lowest BCUT2D eigenvalue weighted by atomic mass is 10.1. The van der Waals surface area contributed by atoms with Crippen molar-refractivity contribution >= 4 is 11.8 Å². The molecule has 0 amide bonds. The van der Waals surface area contributed by atoms with E-state index in [0.717, 1.165) is 0 Å². The quantitative estimate of drug-likeness (QED) is 0.491. The highest BCUT2D eigenvalue weighted by atomic mass is 32.2. The molecule has 0 aromatic carbocycles. The van der Waals surface area contributed by atoms with Gasteiger partial charge in [0.2, 0.25) is 0 Å². The van der Waals surface area contributed by atoms with Crippen LogP contribution in [0.1, 0.15) is 0 Å². The van der Waals surface area contributed by atoms with Crippen LogP contribution in [0.5, 0.6) is 0 Å². The van der Waals surface area contributed by atoms with E-state index in [1.54, 1.807) is 12.2 Å². The van der Waals surface area contributed by atoms with E-state index >= 15 is 0 Å². The van der Waals surface area contributed by atoms with Crippen molar-refractivity contribution in [2.24, 2.45) is 0 Å². The summed E-state index contributed by atoms with van der Waals surface area (Å²) in [5.41, 5.74) is 0. The lowest BCUT2D eigenvalue weighted by Gasteiger charge is -2.02. The maximum absolute atomic E-state index is 9.29. The lowest BCUT2D eigenvalue weighted by Crippen LogP contribution is -2.10. The van der Waals surface area contributed by atoms with Crippen molar-refractivity contribution < 1.29 is 10.2 Å². The van der Waals surface area contributed by atoms with Crippen LogP contribution in [0.2, 0.25) is 0 Å². The summed E-state index contributed by atoms with van der Waals surface area (Å²) >= 11 is 1.44. The molecule has 1 aliphatic heterocycles. The maximum atomic E-state index is 9.29. The van der Waals surface area contributed by atoms with E-state index in [2.05, 4.69) is 0 Å². The van der Waals surface area contributed by atoms with E-state index in [0.29, 0.717) is 0 Å². The fraction of sp³-hybridized carbons (Fsp3) is 0.333. The third kappa shape index (κ3) is 0.686. The predicted octanol–water partition coefficient (Wildman–Crippen LogP) is 0.802. The topological polar surface area (TPSA) is 40.5 Å². The zero-order valence-corrected chi connectivity index (χ0v) is 5.43. The largest absolute Gasteiger partial charge is 0.508 e. The molecule has 9 heavy (non-hydrogen) atoms. The molecule has 2 nitrogen and oxygen atoms in total. The molecule has 2 unspecified atom stereocenters. The van der Waals surface area contributed by atoms with Gasteiger partial charge < -0.3 is 10.2 Å². The van der Waals surface area contributed by atoms with Crippen LogP contribution in [0.25, 0.3) is 0 Å². The number of hydrogen-bond donors (Lipinski definition) is 2. The number of aliphatic hydroxyl groups excluding tert-OH is 1. The van der Waals surface area contributed by atoms with E-state index in [-0.39, 0.29) is 11.0 Å². The number of fused-ring (bicyclic) bond motifs is 1. The van der Waals surface area contributed by atoms with Gasteiger partial charge in [-0.25, -0.2) is 0 Å². The van der Waals surface area contributed by atoms with Crippen LogP contribution in [0, 0.1) is 0 Å². The van der Waals surface area contributed by atoms with Crippen LogP contribution in [-0.4, -0.2) is 20.4 Å². The van der Waals surface area contributed by atoms with Gasteiger partial charge in [-0.15, -0.1) is 11.8 Å². The van der Waals surface area contributed by atoms with Crippen LogP contribution in [0.4, 0.5) is 0 Å². The van der Waals surface area contributed by atoms with Crippen molar-refractivity contribution in [3.8, 4) is 0 Å². The molecule has 1 heterocycles. The van der Waals surface area contributed by atoms with E-state index in [9.17, 15) is 5.11 Å².